The molecule has 1 aliphatic rings. The van der Waals surface area contributed by atoms with E-state index in [0.717, 1.165) is 12.8 Å². The SMILES string of the molecule is CCC(COC)NC(=O)C1(C#N)CCC1. The summed E-state index contributed by atoms with van der Waals surface area (Å²) in [7, 11) is 1.61. The Morgan fingerprint density at radius 3 is 2.67 bits per heavy atom. The van der Waals surface area contributed by atoms with Gasteiger partial charge in [0.1, 0.15) is 5.41 Å². The summed E-state index contributed by atoms with van der Waals surface area (Å²) < 4.78 is 5.00. The van der Waals surface area contributed by atoms with Crippen molar-refractivity contribution in [2.45, 2.75) is 38.6 Å². The zero-order chi connectivity index (χ0) is 11.3. The molecule has 0 aromatic rings. The zero-order valence-corrected chi connectivity index (χ0v) is 9.38. The highest BCUT2D eigenvalue weighted by Gasteiger charge is 2.44. The van der Waals surface area contributed by atoms with Gasteiger partial charge in [-0.25, -0.2) is 0 Å². The number of amides is 1. The standard InChI is InChI=1S/C11H18N2O2/c1-3-9(7-15-2)13-10(14)11(8-12)5-4-6-11/h9H,3-7H2,1-2H3,(H,13,14). The first-order chi connectivity index (χ1) is 7.18. The van der Waals surface area contributed by atoms with E-state index < -0.39 is 5.41 Å². The van der Waals surface area contributed by atoms with Crippen molar-refractivity contribution in [2.24, 2.45) is 5.41 Å². The fourth-order valence-corrected chi connectivity index (χ4v) is 1.71. The molecule has 4 nitrogen and oxygen atoms in total. The molecule has 1 unspecified atom stereocenters. The number of nitrogens with zero attached hydrogens (tertiary/aromatic N) is 1. The van der Waals surface area contributed by atoms with Gasteiger partial charge >= 0.3 is 0 Å². The van der Waals surface area contributed by atoms with Crippen LogP contribution in [-0.2, 0) is 9.53 Å². The van der Waals surface area contributed by atoms with E-state index in [1.807, 2.05) is 6.92 Å². The molecular formula is C11H18N2O2. The third kappa shape index (κ3) is 2.48. The normalized spacial score (nSPS) is 19.8. The number of carbonyl (C=O) groups is 1. The number of hydrogen-bond acceptors (Lipinski definition) is 3. The van der Waals surface area contributed by atoms with Gasteiger partial charge in [0.2, 0.25) is 5.91 Å². The number of hydrogen-bond donors (Lipinski definition) is 1. The molecule has 1 rings (SSSR count). The van der Waals surface area contributed by atoms with E-state index in [0.29, 0.717) is 19.4 Å². The smallest absolute Gasteiger partial charge is 0.240 e. The Hall–Kier alpha value is -1.08. The molecule has 0 saturated heterocycles. The predicted octanol–water partition coefficient (Wildman–Crippen LogP) is 1.22. The molecule has 1 saturated carbocycles. The van der Waals surface area contributed by atoms with Crippen LogP contribution in [0.25, 0.3) is 0 Å². The van der Waals surface area contributed by atoms with Crippen LogP contribution in [0.3, 0.4) is 0 Å². The zero-order valence-electron chi connectivity index (χ0n) is 9.38. The minimum absolute atomic E-state index is 0.0216. The molecule has 1 N–H and O–H groups in total. The summed E-state index contributed by atoms with van der Waals surface area (Å²) in [5.74, 6) is -0.125. The second-order valence-corrected chi connectivity index (χ2v) is 4.08. The lowest BCUT2D eigenvalue weighted by molar-refractivity contribution is -0.132. The average molecular weight is 210 g/mol. The van der Waals surface area contributed by atoms with Crippen molar-refractivity contribution in [1.82, 2.24) is 5.32 Å². The summed E-state index contributed by atoms with van der Waals surface area (Å²) in [6.07, 6.45) is 3.18. The summed E-state index contributed by atoms with van der Waals surface area (Å²) >= 11 is 0. The third-order valence-corrected chi connectivity index (χ3v) is 3.05. The lowest BCUT2D eigenvalue weighted by Gasteiger charge is -2.34. The molecule has 1 fully saturated rings. The Balaban J connectivity index is 2.50. The lowest BCUT2D eigenvalue weighted by Crippen LogP contribution is -2.49. The molecule has 1 aliphatic carbocycles. The second kappa shape index (κ2) is 5.13. The summed E-state index contributed by atoms with van der Waals surface area (Å²) in [6, 6.07) is 2.15. The van der Waals surface area contributed by atoms with E-state index in [1.54, 1.807) is 7.11 Å². The molecule has 4 heteroatoms. The van der Waals surface area contributed by atoms with E-state index in [4.69, 9.17) is 10.00 Å². The third-order valence-electron chi connectivity index (χ3n) is 3.05. The van der Waals surface area contributed by atoms with Crippen molar-refractivity contribution < 1.29 is 9.53 Å². The van der Waals surface area contributed by atoms with E-state index in [1.165, 1.54) is 0 Å². The first-order valence-corrected chi connectivity index (χ1v) is 5.39. The van der Waals surface area contributed by atoms with Crippen LogP contribution < -0.4 is 5.32 Å². The van der Waals surface area contributed by atoms with Crippen molar-refractivity contribution in [3.05, 3.63) is 0 Å². The van der Waals surface area contributed by atoms with Crippen LogP contribution in [0, 0.1) is 16.7 Å². The highest BCUT2D eigenvalue weighted by atomic mass is 16.5. The largest absolute Gasteiger partial charge is 0.383 e. The quantitative estimate of drug-likeness (QED) is 0.742. The molecular weight excluding hydrogens is 192 g/mol. The number of ether oxygens (including phenoxy) is 1. The van der Waals surface area contributed by atoms with Gasteiger partial charge in [-0.15, -0.1) is 0 Å². The van der Waals surface area contributed by atoms with Crippen LogP contribution in [0.4, 0.5) is 0 Å². The van der Waals surface area contributed by atoms with Crippen molar-refractivity contribution in [2.75, 3.05) is 13.7 Å². The molecule has 1 amide bonds. The highest BCUT2D eigenvalue weighted by Crippen LogP contribution is 2.40. The molecule has 0 aliphatic heterocycles. The first-order valence-electron chi connectivity index (χ1n) is 5.39. The average Bonchev–Trinajstić information content (AvgIpc) is 2.16. The van der Waals surface area contributed by atoms with Gasteiger partial charge in [0.15, 0.2) is 0 Å². The van der Waals surface area contributed by atoms with Gasteiger partial charge < -0.3 is 10.1 Å². The van der Waals surface area contributed by atoms with Gasteiger partial charge in [0.05, 0.1) is 18.7 Å². The maximum atomic E-state index is 11.8. The summed E-state index contributed by atoms with van der Waals surface area (Å²) in [6.45, 7) is 2.49. The maximum Gasteiger partial charge on any atom is 0.240 e. The molecule has 0 spiro atoms. The van der Waals surface area contributed by atoms with Crippen molar-refractivity contribution >= 4 is 5.91 Å². The summed E-state index contributed by atoms with van der Waals surface area (Å²) in [5, 5.41) is 11.9. The van der Waals surface area contributed by atoms with Crippen LogP contribution in [-0.4, -0.2) is 25.7 Å². The van der Waals surface area contributed by atoms with Gasteiger partial charge in [0, 0.05) is 7.11 Å². The molecule has 0 aromatic carbocycles. The van der Waals surface area contributed by atoms with Crippen LogP contribution in [0.15, 0.2) is 0 Å². The van der Waals surface area contributed by atoms with Crippen LogP contribution in [0.5, 0.6) is 0 Å². The van der Waals surface area contributed by atoms with Crippen LogP contribution in [0.2, 0.25) is 0 Å². The van der Waals surface area contributed by atoms with Crippen molar-refractivity contribution in [1.29, 1.82) is 5.26 Å². The van der Waals surface area contributed by atoms with Gasteiger partial charge in [-0.3, -0.25) is 4.79 Å². The number of carbonyl (C=O) groups excluding carboxylic acids is 1. The summed E-state index contributed by atoms with van der Waals surface area (Å²) in [4.78, 5) is 11.8. The van der Waals surface area contributed by atoms with Crippen molar-refractivity contribution in [3.63, 3.8) is 0 Å². The lowest BCUT2D eigenvalue weighted by atomic mass is 9.69. The Labute approximate surface area is 90.6 Å². The number of methoxy groups -OCH3 is 1. The van der Waals surface area contributed by atoms with Gasteiger partial charge in [-0.05, 0) is 25.7 Å². The van der Waals surface area contributed by atoms with Gasteiger partial charge in [0.25, 0.3) is 0 Å². The highest BCUT2D eigenvalue weighted by molar-refractivity contribution is 5.86. The minimum atomic E-state index is -0.749. The molecule has 0 heterocycles. The molecule has 0 bridgehead atoms. The number of nitriles is 1. The Morgan fingerprint density at radius 2 is 2.33 bits per heavy atom. The van der Waals surface area contributed by atoms with E-state index in [9.17, 15) is 4.79 Å². The Kier molecular flexibility index (Phi) is 4.10. The van der Waals surface area contributed by atoms with Crippen molar-refractivity contribution in [3.8, 4) is 6.07 Å². The Morgan fingerprint density at radius 1 is 1.67 bits per heavy atom. The monoisotopic (exact) mass is 210 g/mol. The van der Waals surface area contributed by atoms with Crippen LogP contribution >= 0.6 is 0 Å². The molecule has 15 heavy (non-hydrogen) atoms. The molecule has 0 radical (unpaired) electrons. The van der Waals surface area contributed by atoms with E-state index >= 15 is 0 Å². The topological polar surface area (TPSA) is 62.1 Å². The minimum Gasteiger partial charge on any atom is -0.383 e. The predicted molar refractivity (Wildman–Crippen MR) is 56.0 cm³/mol. The van der Waals surface area contributed by atoms with Gasteiger partial charge in [-0.2, -0.15) is 5.26 Å². The fourth-order valence-electron chi connectivity index (χ4n) is 1.71. The molecule has 1 atom stereocenters. The van der Waals surface area contributed by atoms with E-state index in [-0.39, 0.29) is 11.9 Å². The Bertz CT molecular complexity index is 266. The van der Waals surface area contributed by atoms with Crippen LogP contribution in [0.1, 0.15) is 32.6 Å². The second-order valence-electron chi connectivity index (χ2n) is 4.08. The molecule has 0 aromatic heterocycles. The van der Waals surface area contributed by atoms with E-state index in [2.05, 4.69) is 11.4 Å². The number of nitrogens with one attached hydrogen (secondary N) is 1. The summed E-state index contributed by atoms with van der Waals surface area (Å²) in [5.41, 5.74) is -0.749. The molecule has 84 valence electrons. The van der Waals surface area contributed by atoms with Gasteiger partial charge in [-0.1, -0.05) is 6.92 Å². The first kappa shape index (κ1) is 12.0. The maximum absolute atomic E-state index is 11.8. The number of rotatable bonds is 5. The fraction of sp³-hybridized carbons (Fsp3) is 0.818.